The van der Waals surface area contributed by atoms with Gasteiger partial charge in [0.25, 0.3) is 5.56 Å². The molecule has 12 heteroatoms. The fourth-order valence-electron chi connectivity index (χ4n) is 4.90. The van der Waals surface area contributed by atoms with Gasteiger partial charge in [-0.25, -0.2) is 17.2 Å². The summed E-state index contributed by atoms with van der Waals surface area (Å²) in [4.78, 5) is 16.9. The van der Waals surface area contributed by atoms with E-state index in [9.17, 15) is 17.6 Å². The molecule has 0 unspecified atom stereocenters. The van der Waals surface area contributed by atoms with E-state index < -0.39 is 43.6 Å². The van der Waals surface area contributed by atoms with Crippen molar-refractivity contribution in [2.24, 2.45) is 7.05 Å². The highest BCUT2D eigenvalue weighted by atomic mass is 35.5. The van der Waals surface area contributed by atoms with Gasteiger partial charge in [0.1, 0.15) is 15.6 Å². The molecule has 1 aromatic carbocycles. The number of pyridine rings is 2. The first-order valence-corrected chi connectivity index (χ1v) is 13.8. The largest absolute Gasteiger partial charge is 0.277 e. The molecule has 0 radical (unpaired) electrons. The molecule has 1 aliphatic carbocycles. The van der Waals surface area contributed by atoms with Crippen LogP contribution in [-0.4, -0.2) is 34.0 Å². The zero-order valence-corrected chi connectivity index (χ0v) is 22.3. The van der Waals surface area contributed by atoms with E-state index in [4.69, 9.17) is 11.6 Å². The molecule has 3 heterocycles. The average molecular weight is 563 g/mol. The summed E-state index contributed by atoms with van der Waals surface area (Å²) < 4.78 is 71.7. The molecular formula is C26H22ClF3N4O3S. The van der Waals surface area contributed by atoms with Crippen molar-refractivity contribution in [1.29, 1.82) is 0 Å². The number of aromatic nitrogens is 4. The quantitative estimate of drug-likeness (QED) is 0.342. The Labute approximate surface area is 221 Å². The van der Waals surface area contributed by atoms with E-state index in [1.165, 1.54) is 29.9 Å². The van der Waals surface area contributed by atoms with Crippen LogP contribution in [0.3, 0.4) is 0 Å². The maximum atomic E-state index is 16.0. The molecule has 38 heavy (non-hydrogen) atoms. The van der Waals surface area contributed by atoms with E-state index in [-0.39, 0.29) is 33.7 Å². The number of sulfone groups is 1. The van der Waals surface area contributed by atoms with Crippen LogP contribution < -0.4 is 5.56 Å². The minimum atomic E-state index is -3.93. The highest BCUT2D eigenvalue weighted by molar-refractivity contribution is 7.90. The molecule has 0 spiro atoms. The highest BCUT2D eigenvalue weighted by Gasteiger charge is 2.44. The molecule has 3 aromatic heterocycles. The molecule has 1 saturated carbocycles. The topological polar surface area (TPSA) is 86.8 Å². The zero-order chi connectivity index (χ0) is 27.7. The van der Waals surface area contributed by atoms with E-state index in [2.05, 4.69) is 10.1 Å². The summed E-state index contributed by atoms with van der Waals surface area (Å²) in [6.07, 6.45) is 4.29. The van der Waals surface area contributed by atoms with Gasteiger partial charge >= 0.3 is 0 Å². The van der Waals surface area contributed by atoms with Crippen molar-refractivity contribution in [2.75, 3.05) is 6.26 Å². The second kappa shape index (κ2) is 9.09. The standard InChI is InChI=1S/C26H22ClF3N4O3S/c1-12-10-31-23(14-6-5-7-19(21(14)28)38(4,36)37)22(29)24(12)34-13(2)8-17(20(27)26(34)35)15-9-16(15)18-11-33(3)32-25(18)30/h5-8,10-11,15-16H,9H2,1-4H3/t15-,16-/m0/s1. The molecule has 2 atom stereocenters. The van der Waals surface area contributed by atoms with Crippen molar-refractivity contribution in [3.05, 3.63) is 92.0 Å². The van der Waals surface area contributed by atoms with Crippen molar-refractivity contribution in [1.82, 2.24) is 19.3 Å². The number of nitrogens with zero attached hydrogens (tertiary/aromatic N) is 4. The lowest BCUT2D eigenvalue weighted by Gasteiger charge is -2.18. The predicted molar refractivity (Wildman–Crippen MR) is 136 cm³/mol. The maximum Gasteiger partial charge on any atom is 0.274 e. The van der Waals surface area contributed by atoms with Crippen LogP contribution in [0, 0.1) is 31.4 Å². The monoisotopic (exact) mass is 562 g/mol. The Morgan fingerprint density at radius 1 is 1.08 bits per heavy atom. The van der Waals surface area contributed by atoms with Gasteiger partial charge < -0.3 is 0 Å². The number of benzene rings is 1. The van der Waals surface area contributed by atoms with Crippen molar-refractivity contribution < 1.29 is 21.6 Å². The summed E-state index contributed by atoms with van der Waals surface area (Å²) in [5, 5.41) is 3.60. The molecule has 0 saturated heterocycles. The summed E-state index contributed by atoms with van der Waals surface area (Å²) in [5.74, 6) is -3.11. The fourth-order valence-corrected chi connectivity index (χ4v) is 5.94. The molecule has 7 nitrogen and oxygen atoms in total. The Bertz CT molecular complexity index is 1800. The first-order chi connectivity index (χ1) is 17.8. The summed E-state index contributed by atoms with van der Waals surface area (Å²) in [5.41, 5.74) is -0.0803. The first-order valence-electron chi connectivity index (χ1n) is 11.6. The number of rotatable bonds is 5. The Balaban J connectivity index is 1.63. The molecule has 5 rings (SSSR count). The van der Waals surface area contributed by atoms with Gasteiger partial charge in [-0.3, -0.25) is 19.0 Å². The molecule has 1 fully saturated rings. The fraction of sp³-hybridized carbons (Fsp3) is 0.269. The highest BCUT2D eigenvalue weighted by Crippen LogP contribution is 2.56. The molecular weight excluding hydrogens is 541 g/mol. The molecule has 0 N–H and O–H groups in total. The van der Waals surface area contributed by atoms with Crippen LogP contribution in [-0.2, 0) is 16.9 Å². The van der Waals surface area contributed by atoms with Gasteiger partial charge in [0, 0.05) is 42.5 Å². The van der Waals surface area contributed by atoms with E-state index in [1.54, 1.807) is 26.2 Å². The molecule has 4 aromatic rings. The first kappa shape index (κ1) is 26.2. The third kappa shape index (κ3) is 4.23. The van der Waals surface area contributed by atoms with Crippen LogP contribution in [0.15, 0.2) is 46.3 Å². The van der Waals surface area contributed by atoms with Crippen LogP contribution in [0.5, 0.6) is 0 Å². The predicted octanol–water partition coefficient (Wildman–Crippen LogP) is 5.00. The third-order valence-electron chi connectivity index (χ3n) is 6.78. The van der Waals surface area contributed by atoms with Crippen LogP contribution in [0.1, 0.15) is 40.6 Å². The Kier molecular flexibility index (Phi) is 6.26. The normalized spacial score (nSPS) is 17.2. The smallest absolute Gasteiger partial charge is 0.274 e. The second-order valence-corrected chi connectivity index (χ2v) is 11.9. The lowest BCUT2D eigenvalue weighted by atomic mass is 10.0. The van der Waals surface area contributed by atoms with Crippen molar-refractivity contribution in [3.8, 4) is 16.9 Å². The van der Waals surface area contributed by atoms with Gasteiger partial charge in [-0.05, 0) is 61.4 Å². The van der Waals surface area contributed by atoms with Crippen LogP contribution >= 0.6 is 11.6 Å². The van der Waals surface area contributed by atoms with Gasteiger partial charge in [0.2, 0.25) is 5.95 Å². The maximum absolute atomic E-state index is 16.0. The molecule has 0 aliphatic heterocycles. The minimum Gasteiger partial charge on any atom is -0.277 e. The summed E-state index contributed by atoms with van der Waals surface area (Å²) in [6.45, 7) is 3.14. The summed E-state index contributed by atoms with van der Waals surface area (Å²) in [7, 11) is -2.31. The van der Waals surface area contributed by atoms with Gasteiger partial charge in [-0.1, -0.05) is 17.7 Å². The minimum absolute atomic E-state index is 0.130. The van der Waals surface area contributed by atoms with Crippen LogP contribution in [0.25, 0.3) is 16.9 Å². The van der Waals surface area contributed by atoms with Gasteiger partial charge in [0.15, 0.2) is 21.5 Å². The Morgan fingerprint density at radius 2 is 1.76 bits per heavy atom. The molecule has 0 bridgehead atoms. The molecule has 1 aliphatic rings. The van der Waals surface area contributed by atoms with Gasteiger partial charge in [-0.15, -0.1) is 5.10 Å². The number of halogens is 4. The van der Waals surface area contributed by atoms with E-state index in [0.717, 1.165) is 16.9 Å². The van der Waals surface area contributed by atoms with Crippen molar-refractivity contribution in [3.63, 3.8) is 0 Å². The number of aryl methyl sites for hydroxylation is 3. The Morgan fingerprint density at radius 3 is 2.39 bits per heavy atom. The summed E-state index contributed by atoms with van der Waals surface area (Å²) >= 11 is 6.50. The van der Waals surface area contributed by atoms with Crippen molar-refractivity contribution >= 4 is 21.4 Å². The number of hydrogen-bond donors (Lipinski definition) is 0. The second-order valence-electron chi connectivity index (χ2n) is 9.54. The zero-order valence-electron chi connectivity index (χ0n) is 20.8. The number of hydrogen-bond acceptors (Lipinski definition) is 5. The lowest BCUT2D eigenvalue weighted by molar-refractivity contribution is 0.544. The van der Waals surface area contributed by atoms with E-state index in [0.29, 0.717) is 23.2 Å². The van der Waals surface area contributed by atoms with Crippen molar-refractivity contribution in [2.45, 2.75) is 37.0 Å². The molecule has 198 valence electrons. The lowest BCUT2D eigenvalue weighted by Crippen LogP contribution is -2.24. The molecule has 0 amide bonds. The van der Waals surface area contributed by atoms with E-state index in [1.807, 2.05) is 0 Å². The van der Waals surface area contributed by atoms with Crippen LogP contribution in [0.4, 0.5) is 13.2 Å². The average Bonchev–Trinajstić information content (AvgIpc) is 3.54. The Hall–Kier alpha value is -3.44. The van der Waals surface area contributed by atoms with Gasteiger partial charge in [-0.2, -0.15) is 4.39 Å². The summed E-state index contributed by atoms with van der Waals surface area (Å²) in [6, 6.07) is 5.24. The van der Waals surface area contributed by atoms with Crippen LogP contribution in [0.2, 0.25) is 5.02 Å². The van der Waals surface area contributed by atoms with Gasteiger partial charge in [0.05, 0.1) is 5.69 Å². The third-order valence-corrected chi connectivity index (χ3v) is 8.27. The van der Waals surface area contributed by atoms with E-state index >= 15 is 8.78 Å². The SMILES string of the molecule is Cc1cnc(-c2cccc(S(C)(=O)=O)c2F)c(F)c1-n1c(C)cc([C@H]2C[C@@H]2c2cn(C)nc2F)c(Cl)c1=O.